The van der Waals surface area contributed by atoms with Crippen molar-refractivity contribution in [3.8, 4) is 0 Å². The molecule has 1 aromatic heterocycles. The number of nitrogens with zero attached hydrogens (tertiary/aromatic N) is 1. The minimum atomic E-state index is -1.34. The van der Waals surface area contributed by atoms with E-state index in [4.69, 9.17) is 0 Å². The van der Waals surface area contributed by atoms with Crippen molar-refractivity contribution in [2.24, 2.45) is 29.6 Å². The lowest BCUT2D eigenvalue weighted by Crippen LogP contribution is -2.63. The van der Waals surface area contributed by atoms with E-state index in [1.54, 1.807) is 85.7 Å². The summed E-state index contributed by atoms with van der Waals surface area (Å²) in [5.41, 5.74) is 0.512. The number of benzene rings is 1. The van der Waals surface area contributed by atoms with Crippen LogP contribution in [0.15, 0.2) is 54.5 Å². The number of pyridine rings is 1. The molecule has 420 valence electrons. The van der Waals surface area contributed by atoms with Crippen molar-refractivity contribution < 1.29 is 52.7 Å². The summed E-state index contributed by atoms with van der Waals surface area (Å²) >= 11 is 0. The average Bonchev–Trinajstić information content (AvgIpc) is 3.36. The third-order valence-corrected chi connectivity index (χ3v) is 13.3. The largest absolute Gasteiger partial charge is 0.385 e. The molecule has 1 fully saturated rings. The second-order valence-corrected chi connectivity index (χ2v) is 21.5. The Labute approximate surface area is 450 Å². The predicted octanol–water partition coefficient (Wildman–Crippen LogP) is 1.29. The molecule has 0 radical (unpaired) electrons. The van der Waals surface area contributed by atoms with Gasteiger partial charge in [-0.15, -0.1) is 0 Å². The molecule has 1 aromatic carbocycles. The van der Waals surface area contributed by atoms with Crippen LogP contribution in [-0.4, -0.2) is 132 Å². The fourth-order valence-electron chi connectivity index (χ4n) is 8.80. The summed E-state index contributed by atoms with van der Waals surface area (Å²) in [5.74, 6) is -9.84. The van der Waals surface area contributed by atoms with Gasteiger partial charge in [0.1, 0.15) is 48.3 Å². The third-order valence-electron chi connectivity index (χ3n) is 13.3. The van der Waals surface area contributed by atoms with E-state index < -0.39 is 137 Å². The van der Waals surface area contributed by atoms with Crippen LogP contribution in [0.25, 0.3) is 0 Å². The van der Waals surface area contributed by atoms with Crippen molar-refractivity contribution in [1.29, 1.82) is 0 Å². The van der Waals surface area contributed by atoms with Crippen LogP contribution >= 0.6 is 0 Å². The molecule has 22 nitrogen and oxygen atoms in total. The molecule has 2 aliphatic rings. The monoisotopic (exact) mass is 1070 g/mol. The molecule has 4 rings (SSSR count). The van der Waals surface area contributed by atoms with Crippen LogP contribution in [-0.2, 0) is 44.8 Å². The molecule has 8 atom stereocenters. The van der Waals surface area contributed by atoms with E-state index in [1.807, 2.05) is 13.8 Å². The Morgan fingerprint density at radius 3 is 1.56 bits per heavy atom. The van der Waals surface area contributed by atoms with Crippen LogP contribution in [0.1, 0.15) is 138 Å². The van der Waals surface area contributed by atoms with Crippen LogP contribution in [0.4, 0.5) is 0 Å². The molecule has 10 N–H and O–H groups in total. The maximum absolute atomic E-state index is 14.5. The standard InChI is InChI=1S/C55H79N11O11/c1-27(2)22-38-51(73)65-42(28(3)4)52(74)59-32(11)47(69)63-45(31(9)10)55(77)66-44(30(7)8)53(75)60-36(20-16-17-21-58-48(70)35-26-57-25-34-41(35)40(67)24-37(56-12)46(34)68)49(71)64-43(29(5)6)54(76)62-39(50(72)61-38)23-33-18-14-13-15-19-33/h13-15,18-19,24-32,36,38-39,42-45,56H,16-17,20-23H2,1-12H3,(H,58,70)(H,59,74)(H,60,75)(H,61,72)(H,62,76)(H,63,69)(H,64,71)(H,65,73)(H,66,77). The minimum absolute atomic E-state index is 0.0224. The third kappa shape index (κ3) is 17.2. The van der Waals surface area contributed by atoms with Crippen molar-refractivity contribution in [2.75, 3.05) is 13.6 Å². The number of unbranched alkanes of at least 4 members (excludes halogenated alkanes) is 1. The number of aromatic nitrogens is 1. The summed E-state index contributed by atoms with van der Waals surface area (Å²) in [5, 5.41) is 27.3. The van der Waals surface area contributed by atoms with Crippen molar-refractivity contribution in [3.63, 3.8) is 0 Å². The maximum atomic E-state index is 14.5. The number of hydrogen-bond acceptors (Lipinski definition) is 13. The summed E-state index contributed by atoms with van der Waals surface area (Å²) in [6.07, 6.45) is 4.03. The predicted molar refractivity (Wildman–Crippen MR) is 286 cm³/mol. The van der Waals surface area contributed by atoms with Gasteiger partial charge in [0.05, 0.1) is 16.8 Å². The number of carbonyl (C=O) groups excluding carboxylic acids is 11. The summed E-state index contributed by atoms with van der Waals surface area (Å²) in [4.78, 5) is 157. The molecule has 0 saturated carbocycles. The lowest BCUT2D eigenvalue weighted by Gasteiger charge is -2.31. The van der Waals surface area contributed by atoms with Crippen molar-refractivity contribution in [3.05, 3.63) is 76.8 Å². The molecular weight excluding hydrogens is 991 g/mol. The fraction of sp³-hybridized carbons (Fsp3) is 0.564. The molecule has 2 heterocycles. The first-order chi connectivity index (χ1) is 36.2. The molecule has 1 aliphatic heterocycles. The van der Waals surface area contributed by atoms with Gasteiger partial charge >= 0.3 is 0 Å². The molecular formula is C55H79N11O11. The van der Waals surface area contributed by atoms with E-state index in [1.165, 1.54) is 26.4 Å². The highest BCUT2D eigenvalue weighted by molar-refractivity contribution is 6.27. The summed E-state index contributed by atoms with van der Waals surface area (Å²) in [6, 6.07) is -1.08. The molecule has 0 spiro atoms. The number of amides is 9. The average molecular weight is 1070 g/mol. The molecule has 2 aromatic rings. The SMILES string of the molecule is CNC1=CC(=O)c2c(C(=O)NCCCCC3NC(=O)C(C(C)C)NC(=O)C(C(C)C)NC(=O)C(C)NC(=O)C(C(C)C)NC(=O)C(CC(C)C)NC(=O)C(Cc4ccccc4)NC(=O)C(C(C)C)NC3=O)cncc2C1=O. The smallest absolute Gasteiger partial charge is 0.253 e. The zero-order chi connectivity index (χ0) is 57.4. The van der Waals surface area contributed by atoms with E-state index in [2.05, 4.69) is 58.2 Å². The van der Waals surface area contributed by atoms with E-state index in [0.717, 1.165) is 6.08 Å². The normalized spacial score (nSPS) is 23.9. The van der Waals surface area contributed by atoms with E-state index in [9.17, 15) is 52.7 Å². The van der Waals surface area contributed by atoms with Gasteiger partial charge in [-0.2, -0.15) is 0 Å². The Bertz CT molecular complexity index is 2550. The van der Waals surface area contributed by atoms with Gasteiger partial charge in [-0.25, -0.2) is 0 Å². The summed E-state index contributed by atoms with van der Waals surface area (Å²) in [6.45, 7) is 18.6. The van der Waals surface area contributed by atoms with Gasteiger partial charge in [0.15, 0.2) is 5.78 Å². The van der Waals surface area contributed by atoms with Crippen LogP contribution in [0.3, 0.4) is 0 Å². The van der Waals surface area contributed by atoms with E-state index in [0.29, 0.717) is 5.56 Å². The van der Waals surface area contributed by atoms with E-state index >= 15 is 0 Å². The number of rotatable bonds is 15. The molecule has 9 amide bonds. The molecule has 1 saturated heterocycles. The van der Waals surface area contributed by atoms with Gasteiger partial charge in [-0.3, -0.25) is 57.7 Å². The van der Waals surface area contributed by atoms with Gasteiger partial charge in [0.25, 0.3) is 5.91 Å². The van der Waals surface area contributed by atoms with Gasteiger partial charge in [-0.1, -0.05) is 99.6 Å². The molecule has 8 unspecified atom stereocenters. The topological polar surface area (TPSA) is 321 Å². The molecule has 0 bridgehead atoms. The second-order valence-electron chi connectivity index (χ2n) is 21.5. The Morgan fingerprint density at radius 2 is 1.03 bits per heavy atom. The first-order valence-electron chi connectivity index (χ1n) is 26.5. The van der Waals surface area contributed by atoms with Crippen molar-refractivity contribution >= 4 is 64.7 Å². The highest BCUT2D eigenvalue weighted by atomic mass is 16.2. The molecule has 22 heteroatoms. The number of nitrogens with one attached hydrogen (secondary N) is 10. The maximum Gasteiger partial charge on any atom is 0.253 e. The Kier molecular flexibility index (Phi) is 23.0. The van der Waals surface area contributed by atoms with Crippen LogP contribution in [0.5, 0.6) is 0 Å². The Hall–Kier alpha value is -7.52. The van der Waals surface area contributed by atoms with Gasteiger partial charge in [0, 0.05) is 44.0 Å². The first-order valence-corrected chi connectivity index (χ1v) is 26.5. The number of fused-ring (bicyclic) bond motifs is 1. The second kappa shape index (κ2) is 28.6. The molecule has 77 heavy (non-hydrogen) atoms. The highest BCUT2D eigenvalue weighted by Gasteiger charge is 2.38. The zero-order valence-electron chi connectivity index (χ0n) is 46.3. The van der Waals surface area contributed by atoms with Crippen LogP contribution < -0.4 is 53.2 Å². The number of Topliss-reactive ketones (excluding diaryl/α,β-unsaturated/α-hetero) is 1. The Morgan fingerprint density at radius 1 is 0.558 bits per heavy atom. The zero-order valence-corrected chi connectivity index (χ0v) is 46.3. The minimum Gasteiger partial charge on any atom is -0.385 e. The fourth-order valence-corrected chi connectivity index (χ4v) is 8.80. The van der Waals surface area contributed by atoms with Crippen LogP contribution in [0, 0.1) is 29.6 Å². The van der Waals surface area contributed by atoms with Crippen molar-refractivity contribution in [1.82, 2.24) is 58.2 Å². The van der Waals surface area contributed by atoms with Gasteiger partial charge in [0.2, 0.25) is 53.0 Å². The number of hydrogen-bond donors (Lipinski definition) is 10. The summed E-state index contributed by atoms with van der Waals surface area (Å²) < 4.78 is 0. The number of ketones is 2. The number of carbonyl (C=O) groups is 11. The van der Waals surface area contributed by atoms with Crippen molar-refractivity contribution in [2.45, 2.75) is 157 Å². The number of allylic oxidation sites excluding steroid dienone is 2. The van der Waals surface area contributed by atoms with Gasteiger partial charge in [-0.05, 0) is 67.8 Å². The van der Waals surface area contributed by atoms with Gasteiger partial charge < -0.3 is 53.2 Å². The first kappa shape index (κ1) is 62.0. The number of likely N-dealkylation sites (N-methyl/N-ethyl adjacent to an activating group) is 1. The van der Waals surface area contributed by atoms with E-state index in [-0.39, 0.29) is 67.0 Å². The van der Waals surface area contributed by atoms with Crippen LogP contribution in [0.2, 0.25) is 0 Å². The lowest BCUT2D eigenvalue weighted by atomic mass is 9.90. The summed E-state index contributed by atoms with van der Waals surface area (Å²) in [7, 11) is 1.49. The highest BCUT2D eigenvalue weighted by Crippen LogP contribution is 2.23. The molecule has 1 aliphatic carbocycles. The lowest BCUT2D eigenvalue weighted by molar-refractivity contribution is -0.137. The Balaban J connectivity index is 1.71. The quantitative estimate of drug-likeness (QED) is 0.113.